The van der Waals surface area contributed by atoms with Gasteiger partial charge in [0.05, 0.1) is 41.0 Å². The van der Waals surface area contributed by atoms with Crippen molar-refractivity contribution in [3.05, 3.63) is 96.6 Å². The van der Waals surface area contributed by atoms with Gasteiger partial charge in [0.25, 0.3) is 0 Å². The number of amides is 1. The molecule has 1 saturated heterocycles. The summed E-state index contributed by atoms with van der Waals surface area (Å²) in [5.74, 6) is 2.57. The van der Waals surface area contributed by atoms with Crippen LogP contribution in [0.1, 0.15) is 92.9 Å². The lowest BCUT2D eigenvalue weighted by Crippen LogP contribution is -2.51. The topological polar surface area (TPSA) is 102 Å². The van der Waals surface area contributed by atoms with Gasteiger partial charge in [0.2, 0.25) is 11.7 Å². The quantitative estimate of drug-likeness (QED) is 0.0633. The molecule has 0 bridgehead atoms. The predicted octanol–water partition coefficient (Wildman–Crippen LogP) is 9.20. The second kappa shape index (κ2) is 21.3. The molecule has 1 saturated carbocycles. The number of esters is 1. The van der Waals surface area contributed by atoms with E-state index in [0.29, 0.717) is 79.9 Å². The Bertz CT molecular complexity index is 1740. The Morgan fingerprint density at radius 3 is 2.16 bits per heavy atom. The zero-order valence-electron chi connectivity index (χ0n) is 33.6. The van der Waals surface area contributed by atoms with Gasteiger partial charge in [-0.1, -0.05) is 56.2 Å². The van der Waals surface area contributed by atoms with E-state index in [-0.39, 0.29) is 11.8 Å². The van der Waals surface area contributed by atoms with Gasteiger partial charge in [-0.3, -0.25) is 4.79 Å². The summed E-state index contributed by atoms with van der Waals surface area (Å²) >= 11 is 0. The molecule has 2 fully saturated rings. The van der Waals surface area contributed by atoms with E-state index in [1.807, 2.05) is 54.6 Å². The van der Waals surface area contributed by atoms with Gasteiger partial charge in [-0.05, 0) is 110 Å². The molecular formula is C46H59NO9. The fraction of sp³-hybridized carbons (Fsp3) is 0.478. The Labute approximate surface area is 332 Å². The van der Waals surface area contributed by atoms with Crippen molar-refractivity contribution in [2.75, 3.05) is 48.2 Å². The molecule has 2 aliphatic rings. The number of aryl methyl sites for hydroxylation is 1. The normalized spacial score (nSPS) is 16.9. The second-order valence-electron chi connectivity index (χ2n) is 14.4. The average molecular weight is 770 g/mol. The van der Waals surface area contributed by atoms with Crippen molar-refractivity contribution in [3.8, 4) is 34.5 Å². The highest BCUT2D eigenvalue weighted by Crippen LogP contribution is 2.45. The highest BCUT2D eigenvalue weighted by Gasteiger charge is 2.41. The lowest BCUT2D eigenvalue weighted by atomic mass is 9.75. The fourth-order valence-corrected chi connectivity index (χ4v) is 7.98. The number of likely N-dealkylation sites (tertiary alicyclic amines) is 1. The minimum Gasteiger partial charge on any atom is -0.493 e. The SMILES string of the molecule is C=CCCOc1c(OC)cc(C(C(=O)N2CCCC[C@@H]2C(=O)OC(CCc2ccc(OC)c(OC)c2)c2cccc(OCC=C)c2)C2CCCCC2)cc1OC. The standard InChI is InChI=1S/C46H59NO9/c1-7-9-27-55-44-41(52-5)30-35(31-42(44)53-6)43(33-16-11-10-12-17-33)45(48)47-25-14-13-20-37(47)46(49)56-38(34-18-15-19-36(29-34)54-26-8-2)23-21-32-22-24-39(50-3)40(28-32)51-4/h7-8,15,18-19,22,24,28-31,33,37-38,43H,1-2,9-14,16-17,20-21,23,25-27H2,3-6H3/t37-,38?,43?/m1/s1. The van der Waals surface area contributed by atoms with Crippen LogP contribution in [-0.2, 0) is 20.7 Å². The number of rotatable bonds is 20. The Hall–Kier alpha value is -5.12. The maximum Gasteiger partial charge on any atom is 0.329 e. The van der Waals surface area contributed by atoms with Gasteiger partial charge in [0.1, 0.15) is 24.5 Å². The predicted molar refractivity (Wildman–Crippen MR) is 217 cm³/mol. The van der Waals surface area contributed by atoms with Gasteiger partial charge in [0.15, 0.2) is 23.0 Å². The minimum absolute atomic E-state index is 0.0651. The Morgan fingerprint density at radius 1 is 0.768 bits per heavy atom. The Kier molecular flexibility index (Phi) is 16.0. The highest BCUT2D eigenvalue weighted by atomic mass is 16.5. The molecule has 2 unspecified atom stereocenters. The molecule has 1 heterocycles. The molecule has 0 N–H and O–H groups in total. The lowest BCUT2D eigenvalue weighted by molar-refractivity contribution is -0.163. The van der Waals surface area contributed by atoms with E-state index in [0.717, 1.165) is 61.6 Å². The molecule has 0 radical (unpaired) electrons. The summed E-state index contributed by atoms with van der Waals surface area (Å²) in [6, 6.07) is 16.5. The summed E-state index contributed by atoms with van der Waals surface area (Å²) in [6.07, 6.45) is 11.9. The molecule has 1 aliphatic heterocycles. The summed E-state index contributed by atoms with van der Waals surface area (Å²) in [4.78, 5) is 31.4. The van der Waals surface area contributed by atoms with E-state index in [9.17, 15) is 4.79 Å². The van der Waals surface area contributed by atoms with Crippen LogP contribution >= 0.6 is 0 Å². The number of methoxy groups -OCH3 is 4. The van der Waals surface area contributed by atoms with Crippen LogP contribution in [0.5, 0.6) is 34.5 Å². The molecule has 3 atom stereocenters. The maximum absolute atomic E-state index is 15.1. The highest BCUT2D eigenvalue weighted by molar-refractivity contribution is 5.89. The molecule has 5 rings (SSSR count). The van der Waals surface area contributed by atoms with Gasteiger partial charge >= 0.3 is 5.97 Å². The van der Waals surface area contributed by atoms with Gasteiger partial charge in [-0.15, -0.1) is 6.58 Å². The molecule has 10 nitrogen and oxygen atoms in total. The van der Waals surface area contributed by atoms with Gasteiger partial charge in [0, 0.05) is 6.54 Å². The lowest BCUT2D eigenvalue weighted by Gasteiger charge is -2.40. The molecular weight excluding hydrogens is 711 g/mol. The van der Waals surface area contributed by atoms with Crippen LogP contribution < -0.4 is 28.4 Å². The number of hydrogen-bond donors (Lipinski definition) is 0. The zero-order chi connectivity index (χ0) is 39.9. The summed E-state index contributed by atoms with van der Waals surface area (Å²) < 4.78 is 41.0. The number of hydrogen-bond acceptors (Lipinski definition) is 9. The summed E-state index contributed by atoms with van der Waals surface area (Å²) in [5.41, 5.74) is 2.62. The van der Waals surface area contributed by atoms with Crippen LogP contribution in [0.4, 0.5) is 0 Å². The molecule has 3 aromatic carbocycles. The zero-order valence-corrected chi connectivity index (χ0v) is 33.6. The molecule has 1 aliphatic carbocycles. The first-order valence-corrected chi connectivity index (χ1v) is 19.9. The first-order chi connectivity index (χ1) is 27.3. The average Bonchev–Trinajstić information content (AvgIpc) is 3.24. The van der Waals surface area contributed by atoms with Crippen LogP contribution in [0.15, 0.2) is 79.9 Å². The van der Waals surface area contributed by atoms with Crippen molar-refractivity contribution in [1.82, 2.24) is 4.90 Å². The van der Waals surface area contributed by atoms with E-state index in [2.05, 4.69) is 13.2 Å². The second-order valence-corrected chi connectivity index (χ2v) is 14.4. The molecule has 302 valence electrons. The third-order valence-corrected chi connectivity index (χ3v) is 10.9. The molecule has 10 heteroatoms. The Morgan fingerprint density at radius 2 is 1.48 bits per heavy atom. The molecule has 56 heavy (non-hydrogen) atoms. The number of benzene rings is 3. The summed E-state index contributed by atoms with van der Waals surface area (Å²) in [5, 5.41) is 0. The van der Waals surface area contributed by atoms with Crippen LogP contribution in [-0.4, -0.2) is 71.0 Å². The van der Waals surface area contributed by atoms with E-state index >= 15 is 4.79 Å². The minimum atomic E-state index is -0.726. The van der Waals surface area contributed by atoms with Gasteiger partial charge in [-0.2, -0.15) is 0 Å². The molecule has 3 aromatic rings. The number of ether oxygens (including phenoxy) is 7. The van der Waals surface area contributed by atoms with E-state index in [1.165, 1.54) is 0 Å². The molecule has 1 amide bonds. The maximum atomic E-state index is 15.1. The van der Waals surface area contributed by atoms with Crippen LogP contribution in [0, 0.1) is 5.92 Å². The van der Waals surface area contributed by atoms with Crippen molar-refractivity contribution in [2.45, 2.75) is 88.7 Å². The van der Waals surface area contributed by atoms with Crippen molar-refractivity contribution < 1.29 is 42.7 Å². The smallest absolute Gasteiger partial charge is 0.329 e. The summed E-state index contributed by atoms with van der Waals surface area (Å²) in [6.45, 7) is 8.80. The number of piperidine rings is 1. The van der Waals surface area contributed by atoms with Gasteiger partial charge < -0.3 is 38.1 Å². The molecule has 0 aromatic heterocycles. The van der Waals surface area contributed by atoms with E-state index in [1.54, 1.807) is 45.5 Å². The number of carbonyl (C=O) groups excluding carboxylic acids is 2. The van der Waals surface area contributed by atoms with Crippen molar-refractivity contribution in [2.24, 2.45) is 5.92 Å². The summed E-state index contributed by atoms with van der Waals surface area (Å²) in [7, 11) is 6.40. The van der Waals surface area contributed by atoms with Crippen LogP contribution in [0.3, 0.4) is 0 Å². The third-order valence-electron chi connectivity index (χ3n) is 10.9. The largest absolute Gasteiger partial charge is 0.493 e. The van der Waals surface area contributed by atoms with Crippen molar-refractivity contribution in [3.63, 3.8) is 0 Å². The van der Waals surface area contributed by atoms with Gasteiger partial charge in [-0.25, -0.2) is 4.79 Å². The number of carbonyl (C=O) groups is 2. The van der Waals surface area contributed by atoms with E-state index < -0.39 is 24.0 Å². The monoisotopic (exact) mass is 769 g/mol. The Balaban J connectivity index is 1.45. The van der Waals surface area contributed by atoms with E-state index in [4.69, 9.17) is 33.2 Å². The first-order valence-electron chi connectivity index (χ1n) is 19.9. The number of nitrogens with zero attached hydrogens (tertiary/aromatic N) is 1. The third kappa shape index (κ3) is 10.6. The van der Waals surface area contributed by atoms with Crippen LogP contribution in [0.25, 0.3) is 0 Å². The first kappa shape index (κ1) is 42.0. The van der Waals surface area contributed by atoms with Crippen molar-refractivity contribution >= 4 is 11.9 Å². The van der Waals surface area contributed by atoms with Crippen LogP contribution in [0.2, 0.25) is 0 Å². The molecule has 0 spiro atoms. The van der Waals surface area contributed by atoms with Crippen molar-refractivity contribution in [1.29, 1.82) is 0 Å². The fourth-order valence-electron chi connectivity index (χ4n) is 7.98.